The van der Waals surface area contributed by atoms with Gasteiger partial charge in [-0.1, -0.05) is 34.6 Å². The molecule has 4 rings (SSSR count). The number of carboxylic acids is 2. The van der Waals surface area contributed by atoms with E-state index in [9.17, 15) is 49.9 Å². The monoisotopic (exact) mass is 708 g/mol. The van der Waals surface area contributed by atoms with Gasteiger partial charge in [0.2, 0.25) is 0 Å². The first kappa shape index (κ1) is 38.7. The van der Waals surface area contributed by atoms with Crippen LogP contribution in [0.5, 0.6) is 0 Å². The van der Waals surface area contributed by atoms with Gasteiger partial charge in [-0.3, -0.25) is 19.4 Å². The highest BCUT2D eigenvalue weighted by molar-refractivity contribution is 5.96. The maximum atomic E-state index is 14.1. The third-order valence-corrected chi connectivity index (χ3v) is 7.63. The minimum absolute atomic E-state index is 0.0421. The fourth-order valence-corrected chi connectivity index (χ4v) is 5.38. The van der Waals surface area contributed by atoms with Gasteiger partial charge >= 0.3 is 36.4 Å². The Labute approximate surface area is 276 Å². The Morgan fingerprint density at radius 3 is 1.88 bits per heavy atom. The van der Waals surface area contributed by atoms with Crippen molar-refractivity contribution in [3.63, 3.8) is 0 Å². The molecule has 0 saturated carbocycles. The van der Waals surface area contributed by atoms with E-state index in [0.29, 0.717) is 12.6 Å². The molecule has 2 aromatic heterocycles. The number of carbonyl (C=O) groups is 4. The number of urea groups is 2. The quantitative estimate of drug-likeness (QED) is 0.326. The maximum absolute atomic E-state index is 14.1. The molecule has 2 aromatic rings. The van der Waals surface area contributed by atoms with E-state index in [4.69, 9.17) is 10.2 Å². The zero-order valence-electron chi connectivity index (χ0n) is 27.0. The van der Waals surface area contributed by atoms with Crippen LogP contribution in [0.1, 0.15) is 52.3 Å². The van der Waals surface area contributed by atoms with Gasteiger partial charge in [0.15, 0.2) is 11.6 Å². The minimum Gasteiger partial charge on any atom is -0.480 e. The number of carboxylic acid groups (broad SMARTS) is 2. The number of alkyl halides is 6. The SMILES string of the molecule is CC(C)(C)[C@H]1CN(c2ccc(C(F)(F)F)nc2)C(=O)N1CC(=O)O.CC(C)C[C@H]1CN(c2ncc(C(F)(F)F)cc2F)C(=O)N1CC(=O)O. The van der Waals surface area contributed by atoms with Gasteiger partial charge in [0.05, 0.1) is 29.5 Å². The van der Waals surface area contributed by atoms with Crippen LogP contribution in [0.25, 0.3) is 0 Å². The molecule has 2 aliphatic rings. The molecule has 0 spiro atoms. The predicted octanol–water partition coefficient (Wildman–Crippen LogP) is 5.82. The molecule has 0 radical (unpaired) electrons. The first-order valence-corrected chi connectivity index (χ1v) is 14.8. The lowest BCUT2D eigenvalue weighted by molar-refractivity contribution is -0.141. The van der Waals surface area contributed by atoms with E-state index in [-0.39, 0.29) is 42.2 Å². The number of nitrogens with zero attached hydrogens (tertiary/aromatic N) is 6. The molecule has 4 heterocycles. The van der Waals surface area contributed by atoms with Gasteiger partial charge in [-0.25, -0.2) is 23.9 Å². The Kier molecular flexibility index (Phi) is 11.4. The molecule has 0 bridgehead atoms. The van der Waals surface area contributed by atoms with Gasteiger partial charge in [-0.15, -0.1) is 0 Å². The Balaban J connectivity index is 0.000000266. The lowest BCUT2D eigenvalue weighted by Crippen LogP contribution is -2.45. The minimum atomic E-state index is -4.75. The first-order chi connectivity index (χ1) is 22.4. The van der Waals surface area contributed by atoms with Crippen LogP contribution in [0.4, 0.5) is 51.8 Å². The first-order valence-electron chi connectivity index (χ1n) is 14.8. The summed E-state index contributed by atoms with van der Waals surface area (Å²) < 4.78 is 89.6. The van der Waals surface area contributed by atoms with Crippen LogP contribution in [-0.2, 0) is 21.9 Å². The van der Waals surface area contributed by atoms with Gasteiger partial charge in [-0.05, 0) is 36.0 Å². The molecular formula is C30H35F7N6O6. The molecule has 2 fully saturated rings. The number of aliphatic carboxylic acids is 2. The normalized spacial score (nSPS) is 18.7. The van der Waals surface area contributed by atoms with Crippen LogP contribution >= 0.6 is 0 Å². The fourth-order valence-electron chi connectivity index (χ4n) is 5.38. The van der Waals surface area contributed by atoms with Gasteiger partial charge in [-0.2, -0.15) is 26.3 Å². The zero-order valence-corrected chi connectivity index (χ0v) is 27.0. The van der Waals surface area contributed by atoms with Gasteiger partial charge in [0.25, 0.3) is 0 Å². The number of pyridine rings is 2. The molecule has 19 heteroatoms. The van der Waals surface area contributed by atoms with Crippen LogP contribution in [0, 0.1) is 17.2 Å². The summed E-state index contributed by atoms with van der Waals surface area (Å²) in [6.07, 6.45) is -7.42. The Morgan fingerprint density at radius 2 is 1.43 bits per heavy atom. The van der Waals surface area contributed by atoms with E-state index in [1.165, 1.54) is 9.80 Å². The van der Waals surface area contributed by atoms with E-state index in [2.05, 4.69) is 9.97 Å². The van der Waals surface area contributed by atoms with Crippen LogP contribution in [-0.4, -0.2) is 92.2 Å². The summed E-state index contributed by atoms with van der Waals surface area (Å²) in [5, 5.41) is 18.0. The Bertz CT molecular complexity index is 1550. The molecule has 270 valence electrons. The van der Waals surface area contributed by atoms with E-state index in [1.807, 2.05) is 34.6 Å². The molecule has 2 N–H and O–H groups in total. The molecule has 2 aliphatic heterocycles. The van der Waals surface area contributed by atoms with Crippen molar-refractivity contribution < 1.29 is 60.1 Å². The zero-order chi connectivity index (χ0) is 37.2. The van der Waals surface area contributed by atoms with Crippen molar-refractivity contribution >= 4 is 35.5 Å². The van der Waals surface area contributed by atoms with E-state index >= 15 is 0 Å². The molecule has 49 heavy (non-hydrogen) atoms. The average Bonchev–Trinajstić information content (AvgIpc) is 3.43. The van der Waals surface area contributed by atoms with Crippen LogP contribution in [0.2, 0.25) is 0 Å². The van der Waals surface area contributed by atoms with Crippen LogP contribution < -0.4 is 9.80 Å². The molecule has 2 saturated heterocycles. The van der Waals surface area contributed by atoms with Crippen molar-refractivity contribution in [2.24, 2.45) is 11.3 Å². The third kappa shape index (κ3) is 9.47. The fraction of sp³-hybridized carbons (Fsp3) is 0.533. The number of hydrogen-bond acceptors (Lipinski definition) is 6. The summed E-state index contributed by atoms with van der Waals surface area (Å²) in [4.78, 5) is 58.2. The summed E-state index contributed by atoms with van der Waals surface area (Å²) in [5.41, 5.74) is -2.50. The topological polar surface area (TPSA) is 147 Å². The highest BCUT2D eigenvalue weighted by atomic mass is 19.4. The lowest BCUT2D eigenvalue weighted by atomic mass is 9.86. The van der Waals surface area contributed by atoms with Crippen molar-refractivity contribution in [3.05, 3.63) is 47.7 Å². The number of rotatable bonds is 8. The predicted molar refractivity (Wildman–Crippen MR) is 159 cm³/mol. The molecule has 0 unspecified atom stereocenters. The lowest BCUT2D eigenvalue weighted by Gasteiger charge is -2.32. The van der Waals surface area contributed by atoms with Crippen molar-refractivity contribution in [1.82, 2.24) is 19.8 Å². The van der Waals surface area contributed by atoms with Crippen LogP contribution in [0.3, 0.4) is 0 Å². The highest BCUT2D eigenvalue weighted by Gasteiger charge is 2.45. The van der Waals surface area contributed by atoms with Crippen molar-refractivity contribution in [3.8, 4) is 0 Å². The second-order valence-corrected chi connectivity index (χ2v) is 12.9. The number of amides is 4. The molecule has 4 amide bonds. The number of carbonyl (C=O) groups excluding carboxylic acids is 2. The Hall–Kier alpha value is -4.71. The molecule has 0 aromatic carbocycles. The summed E-state index contributed by atoms with van der Waals surface area (Å²) in [7, 11) is 0. The highest BCUT2D eigenvalue weighted by Crippen LogP contribution is 2.35. The van der Waals surface area contributed by atoms with Crippen molar-refractivity contribution in [2.45, 2.75) is 65.5 Å². The largest absolute Gasteiger partial charge is 0.480 e. The molecule has 2 atom stereocenters. The maximum Gasteiger partial charge on any atom is 0.433 e. The van der Waals surface area contributed by atoms with Gasteiger partial charge in [0, 0.05) is 19.3 Å². The van der Waals surface area contributed by atoms with Crippen molar-refractivity contribution in [2.75, 3.05) is 36.0 Å². The number of halogens is 7. The summed E-state index contributed by atoms with van der Waals surface area (Å²) in [6.45, 7) is 8.46. The third-order valence-electron chi connectivity index (χ3n) is 7.63. The second-order valence-electron chi connectivity index (χ2n) is 12.9. The summed E-state index contributed by atoms with van der Waals surface area (Å²) >= 11 is 0. The second kappa shape index (κ2) is 14.4. The average molecular weight is 709 g/mol. The van der Waals surface area contributed by atoms with Gasteiger partial charge < -0.3 is 20.0 Å². The van der Waals surface area contributed by atoms with Gasteiger partial charge in [0.1, 0.15) is 18.8 Å². The van der Waals surface area contributed by atoms with E-state index in [0.717, 1.165) is 28.1 Å². The number of hydrogen-bond donors (Lipinski definition) is 2. The number of aromatic nitrogens is 2. The molecule has 0 aliphatic carbocycles. The molecule has 12 nitrogen and oxygen atoms in total. The number of anilines is 2. The van der Waals surface area contributed by atoms with E-state index in [1.54, 1.807) is 0 Å². The smallest absolute Gasteiger partial charge is 0.433 e. The summed E-state index contributed by atoms with van der Waals surface area (Å²) in [5.74, 6) is -4.07. The molecular weight excluding hydrogens is 673 g/mol. The van der Waals surface area contributed by atoms with E-state index < -0.39 is 78.4 Å². The Morgan fingerprint density at radius 1 is 0.857 bits per heavy atom. The van der Waals surface area contributed by atoms with Crippen molar-refractivity contribution in [1.29, 1.82) is 0 Å². The standard InChI is InChI=1S/C15H17F4N3O3.C15H18F3N3O3/c1-8(2)3-10-6-22(14(25)21(10)7-12(23)24)13-11(16)4-9(5-20-13)15(17,18)19;1-14(2,3)11-7-20(13(24)21(11)8-12(22)23)9-4-5-10(19-6-9)15(16,17)18/h4-5,8,10H,3,6-7H2,1-2H3,(H,23,24);4-6,11H,7-8H2,1-3H3,(H,22,23)/t10-;11-/m01/s1. The summed E-state index contributed by atoms with van der Waals surface area (Å²) in [6, 6.07) is 0.00714. The van der Waals surface area contributed by atoms with Crippen LogP contribution in [0.15, 0.2) is 30.6 Å².